The van der Waals surface area contributed by atoms with E-state index < -0.39 is 22.2 Å². The first-order valence-corrected chi connectivity index (χ1v) is 6.82. The Kier molecular flexibility index (Phi) is 3.55. The number of anilines is 1. The van der Waals surface area contributed by atoms with Gasteiger partial charge in [-0.1, -0.05) is 12.1 Å². The fraction of sp³-hybridized carbons (Fsp3) is 0.400. The van der Waals surface area contributed by atoms with Crippen LogP contribution in [-0.4, -0.2) is 48.2 Å². The number of nitrogens with zero attached hydrogens (tertiary/aromatic N) is 1. The topological polar surface area (TPSA) is 116 Å². The number of nitrogen functional groups attached to an aromatic ring is 1. The third-order valence-electron chi connectivity index (χ3n) is 2.89. The molecule has 5 N–H and O–H groups in total. The predicted molar refractivity (Wildman–Crippen MR) is 65.0 cm³/mol. The summed E-state index contributed by atoms with van der Waals surface area (Å²) in [5.41, 5.74) is 2.59. The van der Waals surface area contributed by atoms with E-state index in [1.807, 2.05) is 0 Å². The van der Waals surface area contributed by atoms with Gasteiger partial charge in [0.15, 0.2) is 0 Å². The molecule has 1 heterocycles. The average molecular weight is 273 g/mol. The maximum Gasteiger partial charge on any atom is 0.245 e. The fourth-order valence-electron chi connectivity index (χ4n) is 1.88. The molecule has 1 aromatic rings. The first kappa shape index (κ1) is 13.2. The molecule has 2 atom stereocenters. The van der Waals surface area contributed by atoms with E-state index in [0.717, 1.165) is 4.31 Å². The molecule has 100 valence electrons. The van der Waals surface area contributed by atoms with Gasteiger partial charge in [-0.05, 0) is 12.1 Å². The first-order chi connectivity index (χ1) is 8.46. The number of hydrogen-bond donors (Lipinski definition) is 4. The maximum absolute atomic E-state index is 12.3. The number of sulfonamides is 1. The van der Waals surface area contributed by atoms with Crippen LogP contribution in [0.3, 0.4) is 0 Å². The minimum Gasteiger partial charge on any atom is -0.389 e. The summed E-state index contributed by atoms with van der Waals surface area (Å²) < 4.78 is 25.7. The quantitative estimate of drug-likeness (QED) is 0.402. The summed E-state index contributed by atoms with van der Waals surface area (Å²) in [5.74, 6) is 5.27. The van der Waals surface area contributed by atoms with Gasteiger partial charge in [-0.3, -0.25) is 5.84 Å². The van der Waals surface area contributed by atoms with Gasteiger partial charge in [-0.15, -0.1) is 0 Å². The number of hydrazine groups is 1. The van der Waals surface area contributed by atoms with Gasteiger partial charge in [0.1, 0.15) is 4.90 Å². The lowest BCUT2D eigenvalue weighted by Gasteiger charge is -2.17. The van der Waals surface area contributed by atoms with Gasteiger partial charge in [0, 0.05) is 13.1 Å². The summed E-state index contributed by atoms with van der Waals surface area (Å²) in [6.45, 7) is -0.245. The van der Waals surface area contributed by atoms with Crippen molar-refractivity contribution < 1.29 is 18.6 Å². The Bertz CT molecular complexity index is 524. The summed E-state index contributed by atoms with van der Waals surface area (Å²) >= 11 is 0. The molecule has 2 rings (SSSR count). The van der Waals surface area contributed by atoms with Gasteiger partial charge in [0.25, 0.3) is 0 Å². The van der Waals surface area contributed by atoms with Crippen molar-refractivity contribution in [3.8, 4) is 0 Å². The Balaban J connectivity index is 2.37. The van der Waals surface area contributed by atoms with Crippen LogP contribution in [0.2, 0.25) is 0 Å². The third-order valence-corrected chi connectivity index (χ3v) is 4.78. The number of benzene rings is 1. The molecule has 0 amide bonds. The van der Waals surface area contributed by atoms with E-state index in [0.29, 0.717) is 0 Å². The molecule has 0 aliphatic carbocycles. The summed E-state index contributed by atoms with van der Waals surface area (Å²) in [6.07, 6.45) is -2.12. The fourth-order valence-corrected chi connectivity index (χ4v) is 3.51. The van der Waals surface area contributed by atoms with Crippen LogP contribution in [-0.2, 0) is 10.0 Å². The predicted octanol–water partition coefficient (Wildman–Crippen LogP) is -1.30. The molecule has 1 aromatic carbocycles. The lowest BCUT2D eigenvalue weighted by atomic mass is 10.3. The molecular weight excluding hydrogens is 258 g/mol. The van der Waals surface area contributed by atoms with Crippen molar-refractivity contribution in [3.05, 3.63) is 24.3 Å². The summed E-state index contributed by atoms with van der Waals surface area (Å²) in [6, 6.07) is 6.19. The number of aliphatic hydroxyl groups is 2. The number of hydrogen-bond acceptors (Lipinski definition) is 6. The molecule has 7 nitrogen and oxygen atoms in total. The zero-order valence-corrected chi connectivity index (χ0v) is 10.3. The van der Waals surface area contributed by atoms with Crippen LogP contribution in [0, 0.1) is 0 Å². The van der Waals surface area contributed by atoms with Crippen LogP contribution in [0.25, 0.3) is 0 Å². The Labute approximate surface area is 105 Å². The van der Waals surface area contributed by atoms with Gasteiger partial charge in [-0.2, -0.15) is 4.31 Å². The molecule has 0 bridgehead atoms. The van der Waals surface area contributed by atoms with Crippen molar-refractivity contribution >= 4 is 15.7 Å². The summed E-state index contributed by atoms with van der Waals surface area (Å²) in [5, 5.41) is 18.8. The molecule has 1 saturated heterocycles. The maximum atomic E-state index is 12.3. The molecule has 0 spiro atoms. The number of rotatable bonds is 3. The SMILES string of the molecule is NNc1ccccc1S(=O)(=O)N1CC(O)C(O)C1. The van der Waals surface area contributed by atoms with Crippen molar-refractivity contribution in [3.63, 3.8) is 0 Å². The van der Waals surface area contributed by atoms with Crippen molar-refractivity contribution in [1.82, 2.24) is 4.31 Å². The number of aliphatic hydroxyl groups excluding tert-OH is 2. The standard InChI is InChI=1S/C10H15N3O4S/c11-12-7-3-1-2-4-10(7)18(16,17)13-5-8(14)9(15)6-13/h1-4,8-9,12,14-15H,5-6,11H2. The van der Waals surface area contributed by atoms with Crippen molar-refractivity contribution in [1.29, 1.82) is 0 Å². The second-order valence-electron chi connectivity index (χ2n) is 4.10. The van der Waals surface area contributed by atoms with Crippen molar-refractivity contribution in [2.75, 3.05) is 18.5 Å². The normalized spacial score (nSPS) is 25.3. The van der Waals surface area contributed by atoms with Crippen LogP contribution < -0.4 is 11.3 Å². The second kappa shape index (κ2) is 4.82. The average Bonchev–Trinajstić information content (AvgIpc) is 2.70. The van der Waals surface area contributed by atoms with Crippen LogP contribution in [0.15, 0.2) is 29.2 Å². The van der Waals surface area contributed by atoms with Crippen LogP contribution in [0.5, 0.6) is 0 Å². The van der Waals surface area contributed by atoms with E-state index >= 15 is 0 Å². The van der Waals surface area contributed by atoms with Crippen molar-refractivity contribution in [2.45, 2.75) is 17.1 Å². The van der Waals surface area contributed by atoms with E-state index in [1.165, 1.54) is 12.1 Å². The van der Waals surface area contributed by atoms with Gasteiger partial charge in [0.05, 0.1) is 17.9 Å². The van der Waals surface area contributed by atoms with Crippen LogP contribution in [0.4, 0.5) is 5.69 Å². The van der Waals surface area contributed by atoms with Crippen molar-refractivity contribution in [2.24, 2.45) is 5.84 Å². The Morgan fingerprint density at radius 2 is 1.78 bits per heavy atom. The first-order valence-electron chi connectivity index (χ1n) is 5.38. The number of nitrogens with two attached hydrogens (primary N) is 1. The lowest BCUT2D eigenvalue weighted by Crippen LogP contribution is -2.30. The molecule has 1 fully saturated rings. The van der Waals surface area contributed by atoms with E-state index in [2.05, 4.69) is 5.43 Å². The Morgan fingerprint density at radius 3 is 2.33 bits per heavy atom. The largest absolute Gasteiger partial charge is 0.389 e. The lowest BCUT2D eigenvalue weighted by molar-refractivity contribution is 0.0572. The number of β-amino-alcohol motifs (C(OH)–C–C–N with tert-alkyl or cyclic N) is 2. The molecule has 0 saturated carbocycles. The van der Waals surface area contributed by atoms with Crippen LogP contribution >= 0.6 is 0 Å². The summed E-state index contributed by atoms with van der Waals surface area (Å²) in [4.78, 5) is 0.0220. The van der Waals surface area contributed by atoms with E-state index in [-0.39, 0.29) is 23.7 Å². The molecule has 8 heteroatoms. The third kappa shape index (κ3) is 2.20. The van der Waals surface area contributed by atoms with E-state index in [4.69, 9.17) is 5.84 Å². The number of para-hydroxylation sites is 1. The molecule has 1 aliphatic heterocycles. The Morgan fingerprint density at radius 1 is 1.22 bits per heavy atom. The van der Waals surface area contributed by atoms with Gasteiger partial charge >= 0.3 is 0 Å². The highest BCUT2D eigenvalue weighted by Gasteiger charge is 2.38. The molecule has 1 aliphatic rings. The highest BCUT2D eigenvalue weighted by molar-refractivity contribution is 7.89. The van der Waals surface area contributed by atoms with Gasteiger partial charge < -0.3 is 15.6 Å². The van der Waals surface area contributed by atoms with Gasteiger partial charge in [-0.25, -0.2) is 8.42 Å². The Hall–Kier alpha value is -1.19. The highest BCUT2D eigenvalue weighted by atomic mass is 32.2. The monoisotopic (exact) mass is 273 g/mol. The highest BCUT2D eigenvalue weighted by Crippen LogP contribution is 2.26. The molecule has 2 unspecified atom stereocenters. The molecule has 18 heavy (non-hydrogen) atoms. The molecule has 0 aromatic heterocycles. The van der Waals surface area contributed by atoms with Crippen LogP contribution in [0.1, 0.15) is 0 Å². The number of nitrogens with one attached hydrogen (secondary N) is 1. The molecule has 0 radical (unpaired) electrons. The molecular formula is C10H15N3O4S. The van der Waals surface area contributed by atoms with E-state index in [1.54, 1.807) is 12.1 Å². The zero-order chi connectivity index (χ0) is 13.3. The second-order valence-corrected chi connectivity index (χ2v) is 6.00. The van der Waals surface area contributed by atoms with Gasteiger partial charge in [0.2, 0.25) is 10.0 Å². The minimum absolute atomic E-state index is 0.0220. The van der Waals surface area contributed by atoms with E-state index in [9.17, 15) is 18.6 Å². The smallest absolute Gasteiger partial charge is 0.245 e. The zero-order valence-electron chi connectivity index (χ0n) is 9.52. The minimum atomic E-state index is -3.78. The summed E-state index contributed by atoms with van der Waals surface area (Å²) in [7, 11) is -3.78.